The van der Waals surface area contributed by atoms with E-state index in [1.807, 2.05) is 30.5 Å². The first-order valence-corrected chi connectivity index (χ1v) is 13.3. The maximum Gasteiger partial charge on any atom is 0.290 e. The summed E-state index contributed by atoms with van der Waals surface area (Å²) in [7, 11) is 0. The van der Waals surface area contributed by atoms with Crippen LogP contribution in [0.2, 0.25) is 0 Å². The van der Waals surface area contributed by atoms with Crippen molar-refractivity contribution < 1.29 is 28.2 Å². The molecular weight excluding hydrogens is 494 g/mol. The van der Waals surface area contributed by atoms with Crippen molar-refractivity contribution in [3.05, 3.63) is 69.8 Å². The zero-order chi connectivity index (χ0) is 25.6. The third kappa shape index (κ3) is 6.33. The predicted octanol–water partition coefficient (Wildman–Crippen LogP) is 3.38. The van der Waals surface area contributed by atoms with Crippen LogP contribution in [0, 0.1) is 6.92 Å². The molecule has 0 spiro atoms. The Kier molecular flexibility index (Phi) is 8.08. The van der Waals surface area contributed by atoms with Crippen molar-refractivity contribution in [1.82, 2.24) is 14.7 Å². The molecule has 0 aliphatic carbocycles. The largest absolute Gasteiger partial charge is 0.459 e. The maximum absolute atomic E-state index is 13.8. The number of hydrogen-bond donors (Lipinski definition) is 0. The van der Waals surface area contributed by atoms with Gasteiger partial charge in [-0.15, -0.1) is 11.3 Å². The molecule has 4 heterocycles. The number of furan rings is 1. The summed E-state index contributed by atoms with van der Waals surface area (Å²) >= 11 is 1.63. The highest BCUT2D eigenvalue weighted by Crippen LogP contribution is 2.33. The smallest absolute Gasteiger partial charge is 0.290 e. The van der Waals surface area contributed by atoms with E-state index in [-0.39, 0.29) is 30.9 Å². The number of fused-ring (bicyclic) bond motifs is 1. The van der Waals surface area contributed by atoms with Crippen LogP contribution in [-0.4, -0.2) is 79.2 Å². The van der Waals surface area contributed by atoms with Crippen LogP contribution in [0.3, 0.4) is 0 Å². The van der Waals surface area contributed by atoms with E-state index in [0.29, 0.717) is 50.9 Å². The summed E-state index contributed by atoms with van der Waals surface area (Å²) in [6.45, 7) is 7.10. The fraction of sp³-hybridized carbons (Fsp3) is 0.407. The molecule has 0 radical (unpaired) electrons. The molecule has 1 aromatic carbocycles. The van der Waals surface area contributed by atoms with Crippen LogP contribution in [0.25, 0.3) is 0 Å². The van der Waals surface area contributed by atoms with Gasteiger partial charge in [-0.1, -0.05) is 6.07 Å². The minimum Gasteiger partial charge on any atom is -0.459 e. The maximum atomic E-state index is 13.8. The molecule has 0 atom stereocenters. The quantitative estimate of drug-likeness (QED) is 0.401. The first kappa shape index (κ1) is 25.3. The number of aryl methyl sites for hydroxylation is 1. The molecule has 5 rings (SSSR count). The molecule has 1 fully saturated rings. The minimum atomic E-state index is -0.290. The van der Waals surface area contributed by atoms with E-state index in [2.05, 4.69) is 11.0 Å². The summed E-state index contributed by atoms with van der Waals surface area (Å²) in [6.07, 6.45) is 1.47. The Morgan fingerprint density at radius 3 is 2.62 bits per heavy atom. The molecule has 2 aromatic heterocycles. The molecule has 0 saturated carbocycles. The van der Waals surface area contributed by atoms with Gasteiger partial charge < -0.3 is 28.4 Å². The second-order valence-electron chi connectivity index (χ2n) is 9.12. The molecule has 0 unspecified atom stereocenters. The van der Waals surface area contributed by atoms with Crippen molar-refractivity contribution in [1.29, 1.82) is 0 Å². The number of amides is 2. The summed E-state index contributed by atoms with van der Waals surface area (Å²) in [4.78, 5) is 33.8. The average molecular weight is 526 g/mol. The lowest BCUT2D eigenvalue weighted by molar-refractivity contribution is -0.133. The Morgan fingerprint density at radius 2 is 1.86 bits per heavy atom. The van der Waals surface area contributed by atoms with Crippen LogP contribution >= 0.6 is 11.3 Å². The summed E-state index contributed by atoms with van der Waals surface area (Å²) < 4.78 is 21.8. The molecule has 0 N–H and O–H groups in total. The van der Waals surface area contributed by atoms with E-state index in [0.717, 1.165) is 29.1 Å². The summed E-state index contributed by atoms with van der Waals surface area (Å²) in [6, 6.07) is 11.1. The zero-order valence-corrected chi connectivity index (χ0v) is 21.7. The lowest BCUT2D eigenvalue weighted by Gasteiger charge is -2.31. The normalized spacial score (nSPS) is 15.1. The van der Waals surface area contributed by atoms with Gasteiger partial charge in [-0.05, 0) is 53.8 Å². The van der Waals surface area contributed by atoms with Crippen LogP contribution in [0.1, 0.15) is 26.6 Å². The molecule has 10 heteroatoms. The molecular formula is C27H31N3O6S. The Hall–Kier alpha value is -3.34. The predicted molar refractivity (Wildman–Crippen MR) is 138 cm³/mol. The molecule has 2 amide bonds. The molecule has 3 aromatic rings. The number of benzene rings is 1. The van der Waals surface area contributed by atoms with E-state index in [9.17, 15) is 9.59 Å². The molecule has 0 bridgehead atoms. The van der Waals surface area contributed by atoms with Crippen molar-refractivity contribution in [3.8, 4) is 11.5 Å². The van der Waals surface area contributed by atoms with Crippen LogP contribution in [-0.2, 0) is 22.6 Å². The first-order chi connectivity index (χ1) is 18.1. The number of ether oxygens (including phenoxy) is 3. The van der Waals surface area contributed by atoms with Crippen LogP contribution in [0.5, 0.6) is 11.5 Å². The standard InChI is InChI=1S/C27H31N3O6S/c1-20-6-14-37-25(20)17-30(16-21-4-5-22-24(15-21)36-19-35-22)26(31)18-29(27(32)23-3-2-11-34-23)8-7-28-9-12-33-13-10-28/h2-6,11,14-15H,7-10,12-13,16-19H2,1H3. The lowest BCUT2D eigenvalue weighted by Crippen LogP contribution is -2.47. The summed E-state index contributed by atoms with van der Waals surface area (Å²) in [5.41, 5.74) is 2.08. The Bertz CT molecular complexity index is 1200. The summed E-state index contributed by atoms with van der Waals surface area (Å²) in [5.74, 6) is 1.19. The van der Waals surface area contributed by atoms with Gasteiger partial charge >= 0.3 is 0 Å². The van der Waals surface area contributed by atoms with E-state index in [1.165, 1.54) is 6.26 Å². The van der Waals surface area contributed by atoms with Crippen molar-refractivity contribution >= 4 is 23.2 Å². The fourth-order valence-electron chi connectivity index (χ4n) is 4.39. The zero-order valence-electron chi connectivity index (χ0n) is 20.9. The van der Waals surface area contributed by atoms with Crippen molar-refractivity contribution in [2.45, 2.75) is 20.0 Å². The number of rotatable bonds is 10. The highest BCUT2D eigenvalue weighted by Gasteiger charge is 2.26. The Labute approximate surface area is 220 Å². The number of nitrogens with zero attached hydrogens (tertiary/aromatic N) is 3. The Morgan fingerprint density at radius 1 is 1.03 bits per heavy atom. The van der Waals surface area contributed by atoms with Crippen LogP contribution < -0.4 is 9.47 Å². The van der Waals surface area contributed by atoms with E-state index < -0.39 is 0 Å². The topological polar surface area (TPSA) is 84.7 Å². The third-order valence-electron chi connectivity index (χ3n) is 6.60. The van der Waals surface area contributed by atoms with Gasteiger partial charge in [0.05, 0.1) is 26.0 Å². The van der Waals surface area contributed by atoms with Gasteiger partial charge in [0.1, 0.15) is 6.54 Å². The molecule has 1 saturated heterocycles. The van der Waals surface area contributed by atoms with Crippen LogP contribution in [0.4, 0.5) is 0 Å². The molecule has 2 aliphatic heterocycles. The minimum absolute atomic E-state index is 0.0428. The van der Waals surface area contributed by atoms with Crippen molar-refractivity contribution in [3.63, 3.8) is 0 Å². The van der Waals surface area contributed by atoms with E-state index in [4.69, 9.17) is 18.6 Å². The average Bonchev–Trinajstić information content (AvgIpc) is 3.69. The van der Waals surface area contributed by atoms with Gasteiger partial charge in [0.2, 0.25) is 12.7 Å². The highest BCUT2D eigenvalue weighted by molar-refractivity contribution is 7.10. The number of thiophene rings is 1. The second-order valence-corrected chi connectivity index (χ2v) is 10.1. The molecule has 2 aliphatic rings. The van der Waals surface area contributed by atoms with Gasteiger partial charge in [-0.2, -0.15) is 0 Å². The van der Waals surface area contributed by atoms with E-state index in [1.54, 1.807) is 33.3 Å². The van der Waals surface area contributed by atoms with Gasteiger partial charge in [0.15, 0.2) is 17.3 Å². The monoisotopic (exact) mass is 525 g/mol. The van der Waals surface area contributed by atoms with Crippen LogP contribution in [0.15, 0.2) is 52.5 Å². The number of morpholine rings is 1. The molecule has 196 valence electrons. The van der Waals surface area contributed by atoms with Crippen molar-refractivity contribution in [2.75, 3.05) is 52.7 Å². The van der Waals surface area contributed by atoms with Gasteiger partial charge in [-0.25, -0.2) is 0 Å². The van der Waals surface area contributed by atoms with Gasteiger partial charge in [-0.3, -0.25) is 14.5 Å². The summed E-state index contributed by atoms with van der Waals surface area (Å²) in [5, 5.41) is 2.03. The SMILES string of the molecule is Cc1ccsc1CN(Cc1ccc2c(c1)OCO2)C(=O)CN(CCN1CCOCC1)C(=O)c1ccco1. The number of carbonyl (C=O) groups is 2. The number of carbonyl (C=O) groups excluding carboxylic acids is 2. The second kappa shape index (κ2) is 11.8. The molecule has 9 nitrogen and oxygen atoms in total. The molecule has 37 heavy (non-hydrogen) atoms. The lowest BCUT2D eigenvalue weighted by atomic mass is 10.1. The van der Waals surface area contributed by atoms with Gasteiger partial charge in [0.25, 0.3) is 5.91 Å². The Balaban J connectivity index is 1.34. The number of hydrogen-bond acceptors (Lipinski definition) is 8. The third-order valence-corrected chi connectivity index (χ3v) is 7.61. The van der Waals surface area contributed by atoms with E-state index >= 15 is 0 Å². The highest BCUT2D eigenvalue weighted by atomic mass is 32.1. The van der Waals surface area contributed by atoms with Gasteiger partial charge in [0, 0.05) is 37.6 Å². The van der Waals surface area contributed by atoms with Crippen molar-refractivity contribution in [2.24, 2.45) is 0 Å². The fourth-order valence-corrected chi connectivity index (χ4v) is 5.31. The first-order valence-electron chi connectivity index (χ1n) is 12.4.